The quantitative estimate of drug-likeness (QED) is 0.535. The fourth-order valence-corrected chi connectivity index (χ4v) is 4.04. The minimum atomic E-state index is -1.73. The monoisotopic (exact) mass is 190 g/mol. The van der Waals surface area contributed by atoms with Crippen molar-refractivity contribution in [2.45, 2.75) is 6.55 Å². The van der Waals surface area contributed by atoms with Gasteiger partial charge in [0, 0.05) is 0 Å². The summed E-state index contributed by atoms with van der Waals surface area (Å²) in [5, 5.41) is 0. The highest BCUT2D eigenvalue weighted by Gasteiger charge is 2.18. The number of hydrogen-bond acceptors (Lipinski definition) is 2. The molecule has 0 aliphatic carbocycles. The third-order valence-electron chi connectivity index (χ3n) is 1.30. The van der Waals surface area contributed by atoms with E-state index in [1.54, 1.807) is 0 Å². The first-order valence-electron chi connectivity index (χ1n) is 3.08. The molecular formula is C5H14O2Si3. The number of rotatable bonds is 5. The van der Waals surface area contributed by atoms with Crippen molar-refractivity contribution in [2.75, 3.05) is 0 Å². The Hall–Kier alpha value is 0.0506. The van der Waals surface area contributed by atoms with E-state index < -0.39 is 18.3 Å². The fraction of sp³-hybridized carbons (Fsp3) is 0.200. The van der Waals surface area contributed by atoms with E-state index in [1.165, 1.54) is 0 Å². The van der Waals surface area contributed by atoms with Gasteiger partial charge < -0.3 is 8.23 Å². The minimum Gasteiger partial charge on any atom is -0.449 e. The van der Waals surface area contributed by atoms with Crippen molar-refractivity contribution < 1.29 is 8.23 Å². The van der Waals surface area contributed by atoms with Crippen LogP contribution in [0.2, 0.25) is 6.55 Å². The Balaban J connectivity index is 3.80. The molecule has 0 spiro atoms. The zero-order valence-corrected chi connectivity index (χ0v) is 11.0. The normalized spacial score (nSPS) is 12.5. The van der Waals surface area contributed by atoms with Crippen molar-refractivity contribution in [3.63, 3.8) is 0 Å². The smallest absolute Gasteiger partial charge is 0.283 e. The molecular weight excluding hydrogens is 176 g/mol. The van der Waals surface area contributed by atoms with Crippen LogP contribution in [0.4, 0.5) is 0 Å². The van der Waals surface area contributed by atoms with Crippen LogP contribution < -0.4 is 0 Å². The van der Waals surface area contributed by atoms with Crippen LogP contribution in [0.3, 0.4) is 0 Å². The molecule has 0 heterocycles. The van der Waals surface area contributed by atoms with Crippen LogP contribution in [0.15, 0.2) is 24.6 Å². The SMILES string of the molecule is C=C[Si](C)(C=C)O[SiH2]O[SiH3]. The second-order valence-corrected chi connectivity index (χ2v) is 9.03. The van der Waals surface area contributed by atoms with E-state index >= 15 is 0 Å². The molecule has 0 aliphatic heterocycles. The minimum absolute atomic E-state index is 0.723. The number of hydrogen-bond donors (Lipinski definition) is 0. The van der Waals surface area contributed by atoms with Crippen molar-refractivity contribution in [2.24, 2.45) is 0 Å². The zero-order chi connectivity index (χ0) is 8.04. The van der Waals surface area contributed by atoms with E-state index in [2.05, 4.69) is 19.7 Å². The van der Waals surface area contributed by atoms with Crippen LogP contribution in [-0.4, -0.2) is 28.8 Å². The average molecular weight is 190 g/mol. The maximum absolute atomic E-state index is 5.53. The third-order valence-corrected chi connectivity index (χ3v) is 6.82. The Morgan fingerprint density at radius 2 is 2.00 bits per heavy atom. The molecule has 10 heavy (non-hydrogen) atoms. The first kappa shape index (κ1) is 10.1. The molecule has 2 nitrogen and oxygen atoms in total. The summed E-state index contributed by atoms with van der Waals surface area (Å²) >= 11 is 0. The van der Waals surface area contributed by atoms with Gasteiger partial charge in [0.2, 0.25) is 8.32 Å². The van der Waals surface area contributed by atoms with E-state index in [9.17, 15) is 0 Å². The summed E-state index contributed by atoms with van der Waals surface area (Å²) in [6, 6.07) is 0. The maximum atomic E-state index is 5.53. The van der Waals surface area contributed by atoms with Crippen LogP contribution in [0.1, 0.15) is 0 Å². The first-order valence-corrected chi connectivity index (χ1v) is 7.62. The van der Waals surface area contributed by atoms with E-state index in [0.29, 0.717) is 0 Å². The Morgan fingerprint density at radius 1 is 1.50 bits per heavy atom. The van der Waals surface area contributed by atoms with Crippen molar-refractivity contribution in [3.05, 3.63) is 24.6 Å². The molecule has 0 aromatic carbocycles. The average Bonchev–Trinajstić information content (AvgIpc) is 2.00. The fourth-order valence-electron chi connectivity index (χ4n) is 0.387. The van der Waals surface area contributed by atoms with Crippen molar-refractivity contribution in [1.29, 1.82) is 0 Å². The van der Waals surface area contributed by atoms with Crippen LogP contribution in [0, 0.1) is 0 Å². The van der Waals surface area contributed by atoms with Crippen LogP contribution in [0.25, 0.3) is 0 Å². The summed E-state index contributed by atoms with van der Waals surface area (Å²) in [6.07, 6.45) is 0. The van der Waals surface area contributed by atoms with Gasteiger partial charge in [-0.15, -0.1) is 13.2 Å². The molecule has 0 fully saturated rings. The molecule has 0 atom stereocenters. The van der Waals surface area contributed by atoms with Crippen LogP contribution in [0.5, 0.6) is 0 Å². The lowest BCUT2D eigenvalue weighted by molar-refractivity contribution is 0.488. The van der Waals surface area contributed by atoms with Gasteiger partial charge >= 0.3 is 0 Å². The summed E-state index contributed by atoms with van der Waals surface area (Å²) in [6.45, 7) is 9.46. The summed E-state index contributed by atoms with van der Waals surface area (Å²) in [5.41, 5.74) is 3.74. The summed E-state index contributed by atoms with van der Waals surface area (Å²) in [7, 11) is -1.68. The summed E-state index contributed by atoms with van der Waals surface area (Å²) < 4.78 is 10.6. The Kier molecular flexibility index (Phi) is 4.83. The van der Waals surface area contributed by atoms with Crippen molar-refractivity contribution in [3.8, 4) is 0 Å². The lowest BCUT2D eigenvalue weighted by atomic mass is 11.2. The van der Waals surface area contributed by atoms with E-state index in [1.807, 2.05) is 11.4 Å². The molecule has 0 aromatic heterocycles. The molecule has 0 rings (SSSR count). The Bertz CT molecular complexity index is 118. The van der Waals surface area contributed by atoms with Gasteiger partial charge in [0.1, 0.15) is 10.5 Å². The largest absolute Gasteiger partial charge is 0.449 e. The molecule has 5 heteroatoms. The maximum Gasteiger partial charge on any atom is 0.283 e. The van der Waals surface area contributed by atoms with Gasteiger partial charge in [-0.1, -0.05) is 11.4 Å². The second-order valence-electron chi connectivity index (χ2n) is 2.14. The lowest BCUT2D eigenvalue weighted by Crippen LogP contribution is -2.32. The van der Waals surface area contributed by atoms with Gasteiger partial charge in [-0.05, 0) is 6.55 Å². The molecule has 0 saturated carbocycles. The van der Waals surface area contributed by atoms with Crippen LogP contribution in [-0.2, 0) is 8.23 Å². The van der Waals surface area contributed by atoms with E-state index in [-0.39, 0.29) is 0 Å². The zero-order valence-electron chi connectivity index (χ0n) is 6.59. The highest BCUT2D eigenvalue weighted by Crippen LogP contribution is 2.05. The standard InChI is InChI=1S/C5H14O2Si3/c1-4-10(3,5-2)7-9-6-8/h4-5H,1-2,9H2,3,8H3. The van der Waals surface area contributed by atoms with Gasteiger partial charge in [0.05, 0.1) is 0 Å². The predicted molar refractivity (Wildman–Crippen MR) is 52.7 cm³/mol. The molecule has 0 radical (unpaired) electrons. The molecule has 0 aliphatic rings. The van der Waals surface area contributed by atoms with E-state index in [0.717, 1.165) is 10.5 Å². The van der Waals surface area contributed by atoms with Crippen molar-refractivity contribution >= 4 is 28.8 Å². The van der Waals surface area contributed by atoms with Crippen LogP contribution >= 0.6 is 0 Å². The highest BCUT2D eigenvalue weighted by molar-refractivity contribution is 6.84. The third kappa shape index (κ3) is 3.28. The van der Waals surface area contributed by atoms with E-state index in [4.69, 9.17) is 8.23 Å². The Morgan fingerprint density at radius 3 is 2.30 bits per heavy atom. The lowest BCUT2D eigenvalue weighted by Gasteiger charge is -2.18. The van der Waals surface area contributed by atoms with Gasteiger partial charge in [0.15, 0.2) is 0 Å². The summed E-state index contributed by atoms with van der Waals surface area (Å²) in [4.78, 5) is 0. The second kappa shape index (κ2) is 4.80. The van der Waals surface area contributed by atoms with Gasteiger partial charge in [-0.3, -0.25) is 0 Å². The molecule has 0 N–H and O–H groups in total. The molecule has 0 bridgehead atoms. The van der Waals surface area contributed by atoms with Gasteiger partial charge in [0.25, 0.3) is 10.0 Å². The topological polar surface area (TPSA) is 18.5 Å². The molecule has 0 amide bonds. The summed E-state index contributed by atoms with van der Waals surface area (Å²) in [5.74, 6) is 0. The Labute approximate surface area is 68.7 Å². The highest BCUT2D eigenvalue weighted by atomic mass is 28.4. The predicted octanol–water partition coefficient (Wildman–Crippen LogP) is -0.676. The molecule has 0 saturated heterocycles. The van der Waals surface area contributed by atoms with Crippen molar-refractivity contribution in [1.82, 2.24) is 0 Å². The molecule has 0 unspecified atom stereocenters. The van der Waals surface area contributed by atoms with Gasteiger partial charge in [-0.2, -0.15) is 0 Å². The molecule has 58 valence electrons. The molecule has 0 aromatic rings. The first-order chi connectivity index (χ1) is 4.68. The van der Waals surface area contributed by atoms with Gasteiger partial charge in [-0.25, -0.2) is 0 Å².